The van der Waals surface area contributed by atoms with E-state index >= 15 is 0 Å². The molecule has 0 aromatic carbocycles. The molecule has 0 radical (unpaired) electrons. The molecular weight excluding hydrogens is 320 g/mol. The Balaban J connectivity index is 1.53. The van der Waals surface area contributed by atoms with Gasteiger partial charge in [-0.1, -0.05) is 13.8 Å². The Hall–Kier alpha value is -2.08. The molecule has 0 bridgehead atoms. The van der Waals surface area contributed by atoms with Crippen LogP contribution in [0.2, 0.25) is 0 Å². The minimum Gasteiger partial charge on any atom is -0.467 e. The van der Waals surface area contributed by atoms with Crippen molar-refractivity contribution in [3.63, 3.8) is 0 Å². The summed E-state index contributed by atoms with van der Waals surface area (Å²) in [6.45, 7) is 7.33. The summed E-state index contributed by atoms with van der Waals surface area (Å²) >= 11 is 5.30. The molecule has 6 heteroatoms. The Kier molecular flexibility index (Phi) is 5.35. The highest BCUT2D eigenvalue weighted by atomic mass is 32.1. The average Bonchev–Trinajstić information content (AvgIpc) is 3.06. The van der Waals surface area contributed by atoms with Gasteiger partial charge in [-0.05, 0) is 54.7 Å². The Morgan fingerprint density at radius 1 is 1.29 bits per heavy atom. The van der Waals surface area contributed by atoms with E-state index in [9.17, 15) is 0 Å². The van der Waals surface area contributed by atoms with E-state index in [0.29, 0.717) is 23.5 Å². The van der Waals surface area contributed by atoms with Crippen LogP contribution >= 0.6 is 12.2 Å². The maximum absolute atomic E-state index is 5.30. The minimum atomic E-state index is 0.557. The van der Waals surface area contributed by atoms with Crippen molar-refractivity contribution in [2.75, 3.05) is 23.3 Å². The quantitative estimate of drug-likeness (QED) is 0.826. The van der Waals surface area contributed by atoms with Crippen LogP contribution in [0.1, 0.15) is 26.0 Å². The molecule has 0 spiro atoms. The van der Waals surface area contributed by atoms with Gasteiger partial charge in [-0.25, -0.2) is 4.98 Å². The molecule has 3 rings (SSSR count). The molecule has 1 fully saturated rings. The van der Waals surface area contributed by atoms with Gasteiger partial charge in [-0.15, -0.1) is 0 Å². The van der Waals surface area contributed by atoms with Crippen molar-refractivity contribution in [3.05, 3.63) is 42.5 Å². The fourth-order valence-electron chi connectivity index (χ4n) is 3.25. The zero-order valence-corrected chi connectivity index (χ0v) is 15.0. The lowest BCUT2D eigenvalue weighted by Crippen LogP contribution is -2.39. The lowest BCUT2D eigenvalue weighted by Gasteiger charge is -2.35. The number of thiocarbonyl (C=S) groups is 1. The van der Waals surface area contributed by atoms with Gasteiger partial charge in [0.2, 0.25) is 0 Å². The number of hydrogen-bond acceptors (Lipinski definition) is 4. The number of hydrogen-bond donors (Lipinski definition) is 2. The largest absolute Gasteiger partial charge is 0.467 e. The lowest BCUT2D eigenvalue weighted by molar-refractivity contribution is 0.355. The highest BCUT2D eigenvalue weighted by Gasteiger charge is 2.22. The zero-order chi connectivity index (χ0) is 16.9. The molecule has 1 aliphatic heterocycles. The van der Waals surface area contributed by atoms with Gasteiger partial charge in [-0.2, -0.15) is 0 Å². The molecule has 2 unspecified atom stereocenters. The van der Waals surface area contributed by atoms with E-state index in [4.69, 9.17) is 16.6 Å². The number of piperidine rings is 1. The van der Waals surface area contributed by atoms with Crippen molar-refractivity contribution in [3.8, 4) is 0 Å². The van der Waals surface area contributed by atoms with E-state index in [-0.39, 0.29) is 0 Å². The molecule has 1 aliphatic rings. The Labute approximate surface area is 148 Å². The van der Waals surface area contributed by atoms with E-state index < -0.39 is 0 Å². The third-order valence-corrected chi connectivity index (χ3v) is 4.45. The summed E-state index contributed by atoms with van der Waals surface area (Å²) in [5.41, 5.74) is 0.883. The van der Waals surface area contributed by atoms with E-state index in [2.05, 4.69) is 40.4 Å². The van der Waals surface area contributed by atoms with E-state index in [0.717, 1.165) is 30.4 Å². The minimum absolute atomic E-state index is 0.557. The number of nitrogens with one attached hydrogen (secondary N) is 2. The van der Waals surface area contributed by atoms with Crippen LogP contribution in [-0.4, -0.2) is 23.2 Å². The fourth-order valence-corrected chi connectivity index (χ4v) is 3.44. The van der Waals surface area contributed by atoms with Gasteiger partial charge < -0.3 is 20.0 Å². The number of pyridine rings is 1. The van der Waals surface area contributed by atoms with E-state index in [1.54, 1.807) is 6.26 Å². The van der Waals surface area contributed by atoms with Crippen LogP contribution in [0.3, 0.4) is 0 Å². The van der Waals surface area contributed by atoms with Gasteiger partial charge in [0.15, 0.2) is 5.11 Å². The summed E-state index contributed by atoms with van der Waals surface area (Å²) in [5.74, 6) is 3.31. The molecule has 2 aromatic heterocycles. The standard InChI is InChI=1S/C18H24N4OS/c1-13-8-14(2)12-22(11-13)17-6-5-15(9-19-17)21-18(24)20-10-16-4-3-7-23-16/h3-7,9,13-14H,8,10-12H2,1-2H3,(H2,20,21,24). The van der Waals surface area contributed by atoms with Crippen LogP contribution in [0.5, 0.6) is 0 Å². The molecule has 2 aromatic rings. The number of anilines is 2. The second-order valence-corrected chi connectivity index (χ2v) is 7.05. The van der Waals surface area contributed by atoms with Gasteiger partial charge in [0.25, 0.3) is 0 Å². The van der Waals surface area contributed by atoms with Crippen LogP contribution in [-0.2, 0) is 6.54 Å². The first kappa shape index (κ1) is 16.8. The lowest BCUT2D eigenvalue weighted by atomic mass is 9.92. The summed E-state index contributed by atoms with van der Waals surface area (Å²) in [6.07, 6.45) is 4.78. The van der Waals surface area contributed by atoms with E-state index in [1.807, 2.05) is 24.4 Å². The smallest absolute Gasteiger partial charge is 0.171 e. The van der Waals surface area contributed by atoms with Crippen LogP contribution in [0, 0.1) is 11.8 Å². The fraction of sp³-hybridized carbons (Fsp3) is 0.444. The van der Waals surface area contributed by atoms with Crippen LogP contribution in [0.4, 0.5) is 11.5 Å². The second kappa shape index (κ2) is 7.66. The molecule has 0 aliphatic carbocycles. The summed E-state index contributed by atoms with van der Waals surface area (Å²) in [6, 6.07) is 7.85. The van der Waals surface area contributed by atoms with Gasteiger partial charge in [0, 0.05) is 13.1 Å². The molecule has 2 atom stereocenters. The number of nitrogens with zero attached hydrogens (tertiary/aromatic N) is 2. The van der Waals surface area contributed by atoms with Gasteiger partial charge in [0.1, 0.15) is 11.6 Å². The SMILES string of the molecule is CC1CC(C)CN(c2ccc(NC(=S)NCc3ccco3)cn2)C1. The van der Waals surface area contributed by atoms with Crippen molar-refractivity contribution < 1.29 is 4.42 Å². The van der Waals surface area contributed by atoms with Crippen molar-refractivity contribution in [2.24, 2.45) is 11.8 Å². The van der Waals surface area contributed by atoms with Crippen molar-refractivity contribution in [2.45, 2.75) is 26.8 Å². The number of rotatable bonds is 4. The van der Waals surface area contributed by atoms with Gasteiger partial charge in [0.05, 0.1) is 24.7 Å². The monoisotopic (exact) mass is 344 g/mol. The van der Waals surface area contributed by atoms with Gasteiger partial charge >= 0.3 is 0 Å². The summed E-state index contributed by atoms with van der Waals surface area (Å²) in [5, 5.41) is 6.82. The maximum atomic E-state index is 5.30. The highest BCUT2D eigenvalue weighted by Crippen LogP contribution is 2.25. The van der Waals surface area contributed by atoms with Crippen molar-refractivity contribution in [1.82, 2.24) is 10.3 Å². The molecule has 0 amide bonds. The maximum Gasteiger partial charge on any atom is 0.171 e. The molecule has 3 heterocycles. The third-order valence-electron chi connectivity index (χ3n) is 4.20. The Morgan fingerprint density at radius 2 is 2.08 bits per heavy atom. The Bertz CT molecular complexity index is 646. The van der Waals surface area contributed by atoms with Crippen LogP contribution in [0.15, 0.2) is 41.1 Å². The first-order valence-electron chi connectivity index (χ1n) is 8.38. The molecule has 128 valence electrons. The molecule has 0 saturated carbocycles. The first-order valence-corrected chi connectivity index (χ1v) is 8.79. The predicted octanol–water partition coefficient (Wildman–Crippen LogP) is 3.64. The topological polar surface area (TPSA) is 53.3 Å². The predicted molar refractivity (Wildman–Crippen MR) is 101 cm³/mol. The summed E-state index contributed by atoms with van der Waals surface area (Å²) in [4.78, 5) is 6.96. The second-order valence-electron chi connectivity index (χ2n) is 6.64. The normalized spacial score (nSPS) is 20.7. The average molecular weight is 344 g/mol. The van der Waals surface area contributed by atoms with Crippen molar-refractivity contribution in [1.29, 1.82) is 0 Å². The number of furan rings is 1. The number of aromatic nitrogens is 1. The van der Waals surface area contributed by atoms with Gasteiger partial charge in [-0.3, -0.25) is 0 Å². The molecule has 24 heavy (non-hydrogen) atoms. The van der Waals surface area contributed by atoms with E-state index in [1.165, 1.54) is 6.42 Å². The van der Waals surface area contributed by atoms with Crippen LogP contribution in [0.25, 0.3) is 0 Å². The third kappa shape index (κ3) is 4.47. The zero-order valence-electron chi connectivity index (χ0n) is 14.2. The first-order chi connectivity index (χ1) is 11.6. The summed E-state index contributed by atoms with van der Waals surface area (Å²) < 4.78 is 5.27. The molecule has 5 nitrogen and oxygen atoms in total. The molecular formula is C18H24N4OS. The summed E-state index contributed by atoms with van der Waals surface area (Å²) in [7, 11) is 0. The molecule has 2 N–H and O–H groups in total. The highest BCUT2D eigenvalue weighted by molar-refractivity contribution is 7.80. The van der Waals surface area contributed by atoms with Crippen LogP contribution < -0.4 is 15.5 Å². The Morgan fingerprint density at radius 3 is 2.71 bits per heavy atom. The van der Waals surface area contributed by atoms with Crippen molar-refractivity contribution >= 4 is 28.8 Å². The molecule has 1 saturated heterocycles.